The lowest BCUT2D eigenvalue weighted by atomic mass is 10.2. The summed E-state index contributed by atoms with van der Waals surface area (Å²) in [6.45, 7) is 1.59. The van der Waals surface area contributed by atoms with Gasteiger partial charge in [0.1, 0.15) is 5.75 Å². The quantitative estimate of drug-likeness (QED) is 0.503. The molecule has 2 aromatic rings. The molecule has 0 fully saturated rings. The molecule has 0 aromatic heterocycles. The molecule has 22 heavy (non-hydrogen) atoms. The van der Waals surface area contributed by atoms with Gasteiger partial charge in [0.05, 0.1) is 4.92 Å². The smallest absolute Gasteiger partial charge is 0.274 e. The van der Waals surface area contributed by atoms with Crippen LogP contribution in [0.4, 0.5) is 5.69 Å². The van der Waals surface area contributed by atoms with Crippen LogP contribution >= 0.6 is 0 Å². The van der Waals surface area contributed by atoms with E-state index in [9.17, 15) is 14.9 Å². The molecule has 1 amide bonds. The van der Waals surface area contributed by atoms with Crippen molar-refractivity contribution in [3.05, 3.63) is 70.3 Å². The Kier molecular flexibility index (Phi) is 5.05. The summed E-state index contributed by atoms with van der Waals surface area (Å²) in [6, 6.07) is 14.2. The fourth-order valence-corrected chi connectivity index (χ4v) is 1.65. The number of benzene rings is 2. The first-order chi connectivity index (χ1) is 10.6. The first kappa shape index (κ1) is 15.5. The number of ether oxygens (including phenoxy) is 1. The van der Waals surface area contributed by atoms with Crippen molar-refractivity contribution in [1.29, 1.82) is 0 Å². The molecule has 0 radical (unpaired) electrons. The molecule has 0 saturated carbocycles. The summed E-state index contributed by atoms with van der Waals surface area (Å²) >= 11 is 0. The number of rotatable bonds is 6. The number of carbonyl (C=O) groups excluding carboxylic acids is 1. The van der Waals surface area contributed by atoms with Crippen molar-refractivity contribution in [2.75, 3.05) is 0 Å². The molecule has 2 rings (SSSR count). The van der Waals surface area contributed by atoms with E-state index >= 15 is 0 Å². The Morgan fingerprint density at radius 3 is 2.36 bits per heavy atom. The molecule has 0 heterocycles. The molecule has 7 heteroatoms. The third kappa shape index (κ3) is 4.29. The molecular weight excluding hydrogens is 288 g/mol. The molecule has 0 saturated heterocycles. The molecule has 1 atom stereocenters. The molecule has 1 unspecified atom stereocenters. The number of non-ortho nitro benzene ring substituents is 1. The summed E-state index contributed by atoms with van der Waals surface area (Å²) in [4.78, 5) is 26.9. The summed E-state index contributed by atoms with van der Waals surface area (Å²) in [7, 11) is 0. The molecular formula is C15H14N2O5. The standard InChI is InChI=1S/C15H14N2O5/c1-11(21-14-9-7-13(8-10-14)17(19)20)22-16-15(18)12-5-3-2-4-6-12/h2-11H,1H3,(H,16,18). The maximum absolute atomic E-state index is 11.8. The van der Waals surface area contributed by atoms with Crippen LogP contribution < -0.4 is 10.2 Å². The zero-order valence-corrected chi connectivity index (χ0v) is 11.8. The van der Waals surface area contributed by atoms with Gasteiger partial charge in [-0.3, -0.25) is 14.9 Å². The SMILES string of the molecule is CC(ONC(=O)c1ccccc1)Oc1ccc([N+](=O)[O-])cc1. The molecule has 0 bridgehead atoms. The lowest BCUT2D eigenvalue weighted by Gasteiger charge is -2.15. The van der Waals surface area contributed by atoms with E-state index in [1.807, 2.05) is 0 Å². The summed E-state index contributed by atoms with van der Waals surface area (Å²) < 4.78 is 5.38. The van der Waals surface area contributed by atoms with E-state index in [-0.39, 0.29) is 11.6 Å². The average molecular weight is 302 g/mol. The maximum atomic E-state index is 11.8. The zero-order valence-electron chi connectivity index (χ0n) is 11.8. The zero-order chi connectivity index (χ0) is 15.9. The number of nitro groups is 1. The van der Waals surface area contributed by atoms with Gasteiger partial charge in [0.15, 0.2) is 0 Å². The predicted octanol–water partition coefficient (Wildman–Crippen LogP) is 2.68. The maximum Gasteiger partial charge on any atom is 0.274 e. The molecule has 2 aromatic carbocycles. The third-order valence-corrected chi connectivity index (χ3v) is 2.70. The van der Waals surface area contributed by atoms with Crippen molar-refractivity contribution in [3.63, 3.8) is 0 Å². The fraction of sp³-hybridized carbons (Fsp3) is 0.133. The van der Waals surface area contributed by atoms with Crippen LogP contribution in [0.15, 0.2) is 54.6 Å². The van der Waals surface area contributed by atoms with Crippen LogP contribution in [-0.4, -0.2) is 17.1 Å². The number of hydroxylamine groups is 1. The van der Waals surface area contributed by atoms with Crippen molar-refractivity contribution in [1.82, 2.24) is 5.48 Å². The number of carbonyl (C=O) groups is 1. The van der Waals surface area contributed by atoms with Crippen molar-refractivity contribution in [3.8, 4) is 5.75 Å². The molecule has 114 valence electrons. The number of nitro benzene ring substituents is 1. The first-order valence-corrected chi connectivity index (χ1v) is 6.48. The number of nitrogens with zero attached hydrogens (tertiary/aromatic N) is 1. The molecule has 0 aliphatic heterocycles. The van der Waals surface area contributed by atoms with Crippen LogP contribution in [0, 0.1) is 10.1 Å². The summed E-state index contributed by atoms with van der Waals surface area (Å²) in [6.07, 6.45) is -0.755. The van der Waals surface area contributed by atoms with E-state index in [2.05, 4.69) is 5.48 Å². The van der Waals surface area contributed by atoms with Crippen LogP contribution in [-0.2, 0) is 4.84 Å². The van der Waals surface area contributed by atoms with Gasteiger partial charge < -0.3 is 4.74 Å². The number of nitrogens with one attached hydrogen (secondary N) is 1. The molecule has 1 N–H and O–H groups in total. The fourth-order valence-electron chi connectivity index (χ4n) is 1.65. The van der Waals surface area contributed by atoms with E-state index in [0.29, 0.717) is 11.3 Å². The number of hydrogen-bond acceptors (Lipinski definition) is 5. The van der Waals surface area contributed by atoms with E-state index in [1.54, 1.807) is 37.3 Å². The summed E-state index contributed by atoms with van der Waals surface area (Å²) in [5.41, 5.74) is 2.71. The van der Waals surface area contributed by atoms with Crippen molar-refractivity contribution in [2.45, 2.75) is 13.2 Å². The molecule has 0 aliphatic carbocycles. The Morgan fingerprint density at radius 2 is 1.77 bits per heavy atom. The lowest BCUT2D eigenvalue weighted by molar-refractivity contribution is -0.384. The topological polar surface area (TPSA) is 90.7 Å². The van der Waals surface area contributed by atoms with Gasteiger partial charge in [0, 0.05) is 24.6 Å². The minimum Gasteiger partial charge on any atom is -0.463 e. The highest BCUT2D eigenvalue weighted by molar-refractivity contribution is 5.93. The lowest BCUT2D eigenvalue weighted by Crippen LogP contribution is -2.31. The van der Waals surface area contributed by atoms with Crippen LogP contribution in [0.1, 0.15) is 17.3 Å². The first-order valence-electron chi connectivity index (χ1n) is 6.48. The van der Waals surface area contributed by atoms with Gasteiger partial charge in [-0.1, -0.05) is 18.2 Å². The largest absolute Gasteiger partial charge is 0.463 e. The average Bonchev–Trinajstić information content (AvgIpc) is 2.54. The Balaban J connectivity index is 1.84. The van der Waals surface area contributed by atoms with Crippen LogP contribution in [0.25, 0.3) is 0 Å². The normalized spacial score (nSPS) is 11.5. The molecule has 0 aliphatic rings. The van der Waals surface area contributed by atoms with Crippen LogP contribution in [0.5, 0.6) is 5.75 Å². The van der Waals surface area contributed by atoms with E-state index in [4.69, 9.17) is 9.57 Å². The Bertz CT molecular complexity index is 643. The summed E-state index contributed by atoms with van der Waals surface area (Å²) in [5, 5.41) is 10.5. The Labute approximate surface area is 126 Å². The number of hydrogen-bond donors (Lipinski definition) is 1. The minimum atomic E-state index is -0.755. The van der Waals surface area contributed by atoms with Crippen LogP contribution in [0.2, 0.25) is 0 Å². The van der Waals surface area contributed by atoms with Gasteiger partial charge in [-0.2, -0.15) is 0 Å². The number of amides is 1. The second-order valence-electron chi connectivity index (χ2n) is 4.35. The minimum absolute atomic E-state index is 0.0294. The monoisotopic (exact) mass is 302 g/mol. The second-order valence-corrected chi connectivity index (χ2v) is 4.35. The van der Waals surface area contributed by atoms with Gasteiger partial charge in [0.2, 0.25) is 6.29 Å². The van der Waals surface area contributed by atoms with Crippen molar-refractivity contribution >= 4 is 11.6 Å². The Hall–Kier alpha value is -2.93. The van der Waals surface area contributed by atoms with E-state index in [0.717, 1.165) is 0 Å². The predicted molar refractivity (Wildman–Crippen MR) is 78.2 cm³/mol. The van der Waals surface area contributed by atoms with Gasteiger partial charge in [-0.15, -0.1) is 0 Å². The molecule has 0 spiro atoms. The van der Waals surface area contributed by atoms with Gasteiger partial charge in [0.25, 0.3) is 11.6 Å². The highest BCUT2D eigenvalue weighted by Gasteiger charge is 2.10. The van der Waals surface area contributed by atoms with Crippen molar-refractivity contribution < 1.29 is 19.3 Å². The van der Waals surface area contributed by atoms with Gasteiger partial charge in [-0.05, 0) is 24.3 Å². The van der Waals surface area contributed by atoms with Gasteiger partial charge >= 0.3 is 0 Å². The Morgan fingerprint density at radius 1 is 1.14 bits per heavy atom. The van der Waals surface area contributed by atoms with Crippen LogP contribution in [0.3, 0.4) is 0 Å². The highest BCUT2D eigenvalue weighted by atomic mass is 16.8. The van der Waals surface area contributed by atoms with Gasteiger partial charge in [-0.25, -0.2) is 10.3 Å². The second kappa shape index (κ2) is 7.19. The van der Waals surface area contributed by atoms with E-state index < -0.39 is 11.2 Å². The summed E-state index contributed by atoms with van der Waals surface area (Å²) in [5.74, 6) is 0.00631. The molecule has 7 nitrogen and oxygen atoms in total. The highest BCUT2D eigenvalue weighted by Crippen LogP contribution is 2.18. The van der Waals surface area contributed by atoms with Crippen molar-refractivity contribution in [2.24, 2.45) is 0 Å². The third-order valence-electron chi connectivity index (χ3n) is 2.70. The van der Waals surface area contributed by atoms with E-state index in [1.165, 1.54) is 24.3 Å².